The number of aromatic nitrogens is 1. The van der Waals surface area contributed by atoms with Crippen LogP contribution in [0.5, 0.6) is 0 Å². The summed E-state index contributed by atoms with van der Waals surface area (Å²) in [6.45, 7) is -0.0994. The molecule has 4 aromatic rings. The summed E-state index contributed by atoms with van der Waals surface area (Å²) in [7, 11) is 0. The Bertz CT molecular complexity index is 1500. The van der Waals surface area contributed by atoms with Crippen LogP contribution in [0.2, 0.25) is 0 Å². The molecule has 1 aliphatic heterocycles. The van der Waals surface area contributed by atoms with E-state index < -0.39 is 5.97 Å². The summed E-state index contributed by atoms with van der Waals surface area (Å²) in [5.74, 6) is -0.502. The summed E-state index contributed by atoms with van der Waals surface area (Å²) in [6.07, 6.45) is 4.95. The van der Waals surface area contributed by atoms with Crippen LogP contribution >= 0.6 is 0 Å². The summed E-state index contributed by atoms with van der Waals surface area (Å²) in [6, 6.07) is 17.9. The number of fused-ring (bicyclic) bond motifs is 3. The smallest absolute Gasteiger partial charge is 0.339 e. The largest absolute Gasteiger partial charge is 0.465 e. The summed E-state index contributed by atoms with van der Waals surface area (Å²) >= 11 is 0. The van der Waals surface area contributed by atoms with E-state index >= 15 is 0 Å². The molecule has 0 radical (unpaired) electrons. The van der Waals surface area contributed by atoms with Crippen molar-refractivity contribution in [3.05, 3.63) is 101 Å². The molecular formula is C28H20N2O5. The van der Waals surface area contributed by atoms with Crippen LogP contribution in [-0.4, -0.2) is 40.8 Å². The van der Waals surface area contributed by atoms with Crippen molar-refractivity contribution in [2.75, 3.05) is 13.2 Å². The molecule has 2 amide bonds. The molecule has 0 fully saturated rings. The van der Waals surface area contributed by atoms with E-state index in [4.69, 9.17) is 14.1 Å². The molecule has 6 rings (SSSR count). The number of hydrogen-bond donors (Lipinski definition) is 0. The number of pyridine rings is 1. The van der Waals surface area contributed by atoms with Gasteiger partial charge in [-0.05, 0) is 60.4 Å². The van der Waals surface area contributed by atoms with Gasteiger partial charge in [-0.1, -0.05) is 30.3 Å². The Hall–Kier alpha value is -4.52. The molecule has 0 N–H and O–H groups in total. The summed E-state index contributed by atoms with van der Waals surface area (Å²) in [5.41, 5.74) is 4.54. The number of carbonyl (C=O) groups excluding carboxylic acids is 3. The molecular weight excluding hydrogens is 444 g/mol. The average molecular weight is 464 g/mol. The van der Waals surface area contributed by atoms with E-state index in [-0.39, 0.29) is 25.0 Å². The van der Waals surface area contributed by atoms with Crippen molar-refractivity contribution in [3.8, 4) is 0 Å². The molecule has 1 aliphatic carbocycles. The SMILES string of the molecule is O=C(OCCN1C(=O)c2ccccc2C1=O)c1c2c(nc3ccccc13)C(=Cc1ccco1)CC2. The van der Waals surface area contributed by atoms with Gasteiger partial charge >= 0.3 is 5.97 Å². The van der Waals surface area contributed by atoms with Crippen molar-refractivity contribution in [1.82, 2.24) is 9.88 Å². The zero-order valence-electron chi connectivity index (χ0n) is 18.7. The van der Waals surface area contributed by atoms with Gasteiger partial charge < -0.3 is 9.15 Å². The summed E-state index contributed by atoms with van der Waals surface area (Å²) < 4.78 is 11.1. The first kappa shape index (κ1) is 21.0. The van der Waals surface area contributed by atoms with E-state index in [0.717, 1.165) is 39.3 Å². The molecule has 2 aliphatic rings. The number of esters is 1. The first-order valence-electron chi connectivity index (χ1n) is 11.4. The van der Waals surface area contributed by atoms with Gasteiger partial charge in [0.1, 0.15) is 12.4 Å². The van der Waals surface area contributed by atoms with Gasteiger partial charge in [0.25, 0.3) is 11.8 Å². The highest BCUT2D eigenvalue weighted by Crippen LogP contribution is 2.37. The van der Waals surface area contributed by atoms with Gasteiger partial charge in [-0.3, -0.25) is 14.5 Å². The quantitative estimate of drug-likeness (QED) is 0.312. The van der Waals surface area contributed by atoms with Gasteiger partial charge in [-0.2, -0.15) is 0 Å². The molecule has 0 saturated carbocycles. The number of para-hydroxylation sites is 1. The number of carbonyl (C=O) groups is 3. The first-order chi connectivity index (χ1) is 17.1. The van der Waals surface area contributed by atoms with E-state index in [9.17, 15) is 14.4 Å². The third-order valence-corrected chi connectivity index (χ3v) is 6.43. The highest BCUT2D eigenvalue weighted by Gasteiger charge is 2.35. The number of imide groups is 1. The minimum Gasteiger partial charge on any atom is -0.465 e. The Morgan fingerprint density at radius 1 is 0.971 bits per heavy atom. The van der Waals surface area contributed by atoms with E-state index in [1.165, 1.54) is 0 Å². The minimum absolute atomic E-state index is 0.00700. The number of nitrogens with zero attached hydrogens (tertiary/aromatic N) is 2. The molecule has 3 heterocycles. The number of benzene rings is 2. The highest BCUT2D eigenvalue weighted by molar-refractivity contribution is 6.21. The van der Waals surface area contributed by atoms with Crippen LogP contribution < -0.4 is 0 Å². The van der Waals surface area contributed by atoms with Crippen molar-refractivity contribution < 1.29 is 23.5 Å². The summed E-state index contributed by atoms with van der Waals surface area (Å²) in [5, 5.41) is 0.719. The van der Waals surface area contributed by atoms with Crippen LogP contribution in [0.4, 0.5) is 0 Å². The second-order valence-corrected chi connectivity index (χ2v) is 8.46. The monoisotopic (exact) mass is 464 g/mol. The second kappa shape index (κ2) is 8.36. The Kier molecular flexibility index (Phi) is 5.03. The van der Waals surface area contributed by atoms with Gasteiger partial charge in [0.2, 0.25) is 0 Å². The van der Waals surface area contributed by atoms with Crippen molar-refractivity contribution in [1.29, 1.82) is 0 Å². The van der Waals surface area contributed by atoms with Gasteiger partial charge in [-0.25, -0.2) is 9.78 Å². The van der Waals surface area contributed by atoms with Crippen LogP contribution in [0.3, 0.4) is 0 Å². The van der Waals surface area contributed by atoms with Crippen LogP contribution in [0.25, 0.3) is 22.6 Å². The molecule has 0 spiro atoms. The molecule has 172 valence electrons. The second-order valence-electron chi connectivity index (χ2n) is 8.46. The van der Waals surface area contributed by atoms with Crippen molar-refractivity contribution >= 4 is 40.3 Å². The van der Waals surface area contributed by atoms with Gasteiger partial charge in [0.05, 0.1) is 40.7 Å². The predicted molar refractivity (Wildman–Crippen MR) is 129 cm³/mol. The lowest BCUT2D eigenvalue weighted by atomic mass is 10.0. The van der Waals surface area contributed by atoms with Gasteiger partial charge in [0.15, 0.2) is 0 Å². The van der Waals surface area contributed by atoms with E-state index in [1.54, 1.807) is 30.5 Å². The van der Waals surface area contributed by atoms with Crippen molar-refractivity contribution in [2.24, 2.45) is 0 Å². The van der Waals surface area contributed by atoms with Gasteiger partial charge in [-0.15, -0.1) is 0 Å². The molecule has 7 nitrogen and oxygen atoms in total. The Balaban J connectivity index is 1.27. The molecule has 0 atom stereocenters. The molecule has 35 heavy (non-hydrogen) atoms. The fraction of sp³-hybridized carbons (Fsp3) is 0.143. The minimum atomic E-state index is -0.490. The van der Waals surface area contributed by atoms with Crippen LogP contribution in [0.1, 0.15) is 54.5 Å². The number of hydrogen-bond acceptors (Lipinski definition) is 6. The fourth-order valence-electron chi connectivity index (χ4n) is 4.80. The topological polar surface area (TPSA) is 89.7 Å². The van der Waals surface area contributed by atoms with Crippen LogP contribution in [0, 0.1) is 0 Å². The molecule has 2 aromatic heterocycles. The Morgan fingerprint density at radius 3 is 2.46 bits per heavy atom. The van der Waals surface area contributed by atoms with Crippen LogP contribution in [-0.2, 0) is 11.2 Å². The lowest BCUT2D eigenvalue weighted by Gasteiger charge is -2.15. The maximum atomic E-state index is 13.3. The number of amides is 2. The fourth-order valence-corrected chi connectivity index (χ4v) is 4.80. The number of rotatable bonds is 5. The number of ether oxygens (including phenoxy) is 1. The standard InChI is InChI=1S/C28H20N2O5/c31-26-19-7-1-2-8-20(19)27(32)30(26)13-15-35-28(33)24-21-9-3-4-10-23(21)29-25-17(11-12-22(24)25)16-18-6-5-14-34-18/h1-10,14,16H,11-13,15H2. The Morgan fingerprint density at radius 2 is 1.71 bits per heavy atom. The average Bonchev–Trinajstić information content (AvgIpc) is 3.59. The molecule has 7 heteroatoms. The van der Waals surface area contributed by atoms with E-state index in [0.29, 0.717) is 28.6 Å². The third kappa shape index (κ3) is 3.52. The van der Waals surface area contributed by atoms with Crippen molar-refractivity contribution in [3.63, 3.8) is 0 Å². The maximum Gasteiger partial charge on any atom is 0.339 e. The van der Waals surface area contributed by atoms with Crippen molar-refractivity contribution in [2.45, 2.75) is 12.8 Å². The molecule has 0 unspecified atom stereocenters. The number of furan rings is 1. The molecule has 2 aromatic carbocycles. The highest BCUT2D eigenvalue weighted by atomic mass is 16.5. The first-order valence-corrected chi connectivity index (χ1v) is 11.4. The molecule has 0 bridgehead atoms. The lowest BCUT2D eigenvalue weighted by molar-refractivity contribution is 0.0421. The normalized spacial score (nSPS) is 15.7. The Labute approximate surface area is 200 Å². The zero-order valence-corrected chi connectivity index (χ0v) is 18.7. The zero-order chi connectivity index (χ0) is 23.9. The maximum absolute atomic E-state index is 13.3. The van der Waals surface area contributed by atoms with Crippen LogP contribution in [0.15, 0.2) is 71.3 Å². The third-order valence-electron chi connectivity index (χ3n) is 6.43. The molecule has 0 saturated heterocycles. The predicted octanol–water partition coefficient (Wildman–Crippen LogP) is 4.77. The van der Waals surface area contributed by atoms with Gasteiger partial charge in [0, 0.05) is 5.39 Å². The lowest BCUT2D eigenvalue weighted by Crippen LogP contribution is -2.33. The van der Waals surface area contributed by atoms with E-state index in [1.807, 2.05) is 42.5 Å². The summed E-state index contributed by atoms with van der Waals surface area (Å²) in [4.78, 5) is 44.5. The number of allylic oxidation sites excluding steroid dienone is 1. The van der Waals surface area contributed by atoms with E-state index in [2.05, 4.69) is 0 Å².